The molecule has 0 saturated carbocycles. The van der Waals surface area contributed by atoms with Crippen LogP contribution in [0.4, 0.5) is 5.69 Å². The minimum absolute atomic E-state index is 0.0899. The molecule has 1 saturated heterocycles. The lowest BCUT2D eigenvalue weighted by Crippen LogP contribution is -2.47. The Balaban J connectivity index is 1.62. The van der Waals surface area contributed by atoms with Gasteiger partial charge >= 0.3 is 5.63 Å². The molecule has 2 aliphatic heterocycles. The van der Waals surface area contributed by atoms with Crippen molar-refractivity contribution in [3.63, 3.8) is 0 Å². The maximum absolute atomic E-state index is 12.2. The molecule has 5 heteroatoms. The molecule has 132 valence electrons. The van der Waals surface area contributed by atoms with E-state index in [-0.39, 0.29) is 11.2 Å². The zero-order valence-corrected chi connectivity index (χ0v) is 14.6. The van der Waals surface area contributed by atoms with Gasteiger partial charge in [-0.2, -0.15) is 0 Å². The Kier molecular flexibility index (Phi) is 3.32. The monoisotopic (exact) mass is 348 g/mol. The van der Waals surface area contributed by atoms with Gasteiger partial charge in [0.15, 0.2) is 0 Å². The lowest BCUT2D eigenvalue weighted by atomic mass is 9.83. The van der Waals surface area contributed by atoms with Gasteiger partial charge in [0.05, 0.1) is 5.69 Å². The SMILES string of the molecule is Cc1ccc2oc(=O)cc(N3C[C@@H]4C[C@@H](C3)c3cccc(=O)n3C4)c2c1. The lowest BCUT2D eigenvalue weighted by Gasteiger charge is -2.43. The molecule has 5 nitrogen and oxygen atoms in total. The third-order valence-electron chi connectivity index (χ3n) is 5.70. The molecule has 2 aromatic heterocycles. The Morgan fingerprint density at radius 2 is 1.92 bits per heavy atom. The molecular weight excluding hydrogens is 328 g/mol. The van der Waals surface area contributed by atoms with Crippen LogP contribution in [0, 0.1) is 12.8 Å². The maximum atomic E-state index is 12.2. The second-order valence-corrected chi connectivity index (χ2v) is 7.55. The lowest BCUT2D eigenvalue weighted by molar-refractivity contribution is 0.281. The average Bonchev–Trinajstić information content (AvgIpc) is 2.62. The number of hydrogen-bond donors (Lipinski definition) is 0. The van der Waals surface area contributed by atoms with Crippen molar-refractivity contribution in [1.29, 1.82) is 0 Å². The van der Waals surface area contributed by atoms with Gasteiger partial charge in [-0.3, -0.25) is 4.79 Å². The first kappa shape index (κ1) is 15.4. The summed E-state index contributed by atoms with van der Waals surface area (Å²) >= 11 is 0. The van der Waals surface area contributed by atoms with Crippen LogP contribution in [0.3, 0.4) is 0 Å². The van der Waals surface area contributed by atoms with Crippen LogP contribution in [0.5, 0.6) is 0 Å². The Bertz CT molecular complexity index is 1130. The zero-order chi connectivity index (χ0) is 17.8. The molecule has 1 fully saturated rings. The van der Waals surface area contributed by atoms with Crippen molar-refractivity contribution >= 4 is 16.7 Å². The van der Waals surface area contributed by atoms with Gasteiger partial charge < -0.3 is 13.9 Å². The van der Waals surface area contributed by atoms with E-state index in [0.717, 1.165) is 48.4 Å². The Labute approximate surface area is 150 Å². The van der Waals surface area contributed by atoms with Crippen LogP contribution >= 0.6 is 0 Å². The molecule has 0 spiro atoms. The molecule has 0 amide bonds. The van der Waals surface area contributed by atoms with Gasteiger partial charge in [0, 0.05) is 48.8 Å². The van der Waals surface area contributed by atoms with Crippen LogP contribution in [0.25, 0.3) is 11.0 Å². The van der Waals surface area contributed by atoms with E-state index >= 15 is 0 Å². The highest BCUT2D eigenvalue weighted by Gasteiger charge is 2.35. The number of nitrogens with zero attached hydrogens (tertiary/aromatic N) is 2. The van der Waals surface area contributed by atoms with Crippen molar-refractivity contribution in [1.82, 2.24) is 4.57 Å². The highest BCUT2D eigenvalue weighted by atomic mass is 16.4. The number of aryl methyl sites for hydroxylation is 1. The van der Waals surface area contributed by atoms with Gasteiger partial charge in [0.25, 0.3) is 5.56 Å². The van der Waals surface area contributed by atoms with Crippen LogP contribution in [0.15, 0.2) is 56.5 Å². The smallest absolute Gasteiger partial charge is 0.338 e. The summed E-state index contributed by atoms with van der Waals surface area (Å²) in [6, 6.07) is 13.1. The van der Waals surface area contributed by atoms with E-state index in [9.17, 15) is 9.59 Å². The highest BCUT2D eigenvalue weighted by Crippen LogP contribution is 2.38. The van der Waals surface area contributed by atoms with Crippen molar-refractivity contribution in [2.75, 3.05) is 18.0 Å². The summed E-state index contributed by atoms with van der Waals surface area (Å²) in [4.78, 5) is 26.6. The van der Waals surface area contributed by atoms with Crippen LogP contribution in [-0.2, 0) is 6.54 Å². The number of hydrogen-bond acceptors (Lipinski definition) is 4. The van der Waals surface area contributed by atoms with Gasteiger partial charge in [-0.15, -0.1) is 0 Å². The van der Waals surface area contributed by atoms with E-state index in [1.807, 2.05) is 29.7 Å². The average molecular weight is 348 g/mol. The molecule has 4 heterocycles. The van der Waals surface area contributed by atoms with Gasteiger partial charge in [-0.05, 0) is 37.5 Å². The summed E-state index contributed by atoms with van der Waals surface area (Å²) in [6.07, 6.45) is 1.10. The number of pyridine rings is 1. The number of rotatable bonds is 1. The molecule has 5 rings (SSSR count). The third kappa shape index (κ3) is 2.38. The molecule has 2 bridgehead atoms. The summed E-state index contributed by atoms with van der Waals surface area (Å²) in [7, 11) is 0. The van der Waals surface area contributed by atoms with Gasteiger partial charge in [0.2, 0.25) is 0 Å². The standard InChI is InChI=1S/C21H20N2O3/c1-13-5-6-19-16(7-13)18(9-21(25)26-19)22-10-14-8-15(12-22)17-3-2-4-20(24)23(17)11-14/h2-7,9,14-15H,8,10-12H2,1H3/t14-,15-/m0/s1. The normalized spacial score (nSPS) is 21.7. The number of anilines is 1. The molecule has 2 atom stereocenters. The summed E-state index contributed by atoms with van der Waals surface area (Å²) in [5, 5.41) is 0.982. The second-order valence-electron chi connectivity index (χ2n) is 7.55. The number of fused-ring (bicyclic) bond motifs is 5. The van der Waals surface area contributed by atoms with Crippen LogP contribution < -0.4 is 16.1 Å². The van der Waals surface area contributed by atoms with E-state index in [1.54, 1.807) is 12.1 Å². The number of aromatic nitrogens is 1. The number of piperidine rings is 1. The van der Waals surface area contributed by atoms with Crippen molar-refractivity contribution in [2.45, 2.75) is 25.8 Å². The van der Waals surface area contributed by atoms with E-state index in [0.29, 0.717) is 17.4 Å². The quantitative estimate of drug-likeness (QED) is 0.635. The van der Waals surface area contributed by atoms with Crippen molar-refractivity contribution in [2.24, 2.45) is 5.92 Å². The topological polar surface area (TPSA) is 55.5 Å². The molecular formula is C21H20N2O3. The fourth-order valence-corrected chi connectivity index (χ4v) is 4.62. The predicted molar refractivity (Wildman–Crippen MR) is 101 cm³/mol. The maximum Gasteiger partial charge on any atom is 0.338 e. The van der Waals surface area contributed by atoms with Crippen molar-refractivity contribution in [3.05, 3.63) is 74.5 Å². The molecule has 1 aromatic carbocycles. The van der Waals surface area contributed by atoms with Crippen molar-refractivity contribution < 1.29 is 4.42 Å². The first-order valence-electron chi connectivity index (χ1n) is 9.08. The highest BCUT2D eigenvalue weighted by molar-refractivity contribution is 5.90. The first-order valence-corrected chi connectivity index (χ1v) is 9.08. The predicted octanol–water partition coefficient (Wildman–Crippen LogP) is 2.89. The molecule has 3 aromatic rings. The summed E-state index contributed by atoms with van der Waals surface area (Å²) in [6.45, 7) is 4.46. The Morgan fingerprint density at radius 1 is 1.04 bits per heavy atom. The van der Waals surface area contributed by atoms with E-state index in [4.69, 9.17) is 4.42 Å². The van der Waals surface area contributed by atoms with Crippen LogP contribution in [-0.4, -0.2) is 17.7 Å². The first-order chi connectivity index (χ1) is 12.6. The minimum atomic E-state index is -0.316. The van der Waals surface area contributed by atoms with E-state index in [2.05, 4.69) is 17.0 Å². The second kappa shape index (κ2) is 5.59. The molecule has 26 heavy (non-hydrogen) atoms. The van der Waals surface area contributed by atoms with Crippen LogP contribution in [0.2, 0.25) is 0 Å². The third-order valence-corrected chi connectivity index (χ3v) is 5.70. The molecule has 0 radical (unpaired) electrons. The Morgan fingerprint density at radius 3 is 2.81 bits per heavy atom. The fourth-order valence-electron chi connectivity index (χ4n) is 4.62. The summed E-state index contributed by atoms with van der Waals surface area (Å²) < 4.78 is 7.31. The van der Waals surface area contributed by atoms with Gasteiger partial charge in [0.1, 0.15) is 5.58 Å². The summed E-state index contributed by atoms with van der Waals surface area (Å²) in [5.74, 6) is 0.719. The zero-order valence-electron chi connectivity index (χ0n) is 14.6. The van der Waals surface area contributed by atoms with Crippen LogP contribution in [0.1, 0.15) is 23.6 Å². The largest absolute Gasteiger partial charge is 0.423 e. The van der Waals surface area contributed by atoms with E-state index in [1.165, 1.54) is 0 Å². The number of benzene rings is 1. The molecule has 0 N–H and O–H groups in total. The minimum Gasteiger partial charge on any atom is -0.423 e. The summed E-state index contributed by atoms with van der Waals surface area (Å²) in [5.41, 5.74) is 3.60. The Hall–Kier alpha value is -2.82. The van der Waals surface area contributed by atoms with Gasteiger partial charge in [-0.25, -0.2) is 4.79 Å². The van der Waals surface area contributed by atoms with E-state index < -0.39 is 0 Å². The molecule has 0 aliphatic carbocycles. The van der Waals surface area contributed by atoms with Gasteiger partial charge in [-0.1, -0.05) is 17.7 Å². The van der Waals surface area contributed by atoms with Crippen molar-refractivity contribution in [3.8, 4) is 0 Å². The fraction of sp³-hybridized carbons (Fsp3) is 0.333. The molecule has 0 unspecified atom stereocenters. The molecule has 2 aliphatic rings.